The van der Waals surface area contributed by atoms with Crippen molar-refractivity contribution in [3.8, 4) is 12.3 Å². The van der Waals surface area contributed by atoms with Crippen LogP contribution in [0.5, 0.6) is 0 Å². The summed E-state index contributed by atoms with van der Waals surface area (Å²) in [5.74, 6) is 2.77. The largest absolute Gasteiger partial charge is 0.375 e. The lowest BCUT2D eigenvalue weighted by atomic mass is 9.93. The molecule has 0 aromatic carbocycles. The Hall–Kier alpha value is -0.520. The van der Waals surface area contributed by atoms with Crippen LogP contribution in [-0.2, 0) is 4.74 Å². The maximum Gasteiger partial charge on any atom is 0.0686 e. The Labute approximate surface area is 87.4 Å². The van der Waals surface area contributed by atoms with Gasteiger partial charge >= 0.3 is 0 Å². The van der Waals surface area contributed by atoms with Gasteiger partial charge in [-0.1, -0.05) is 12.8 Å². The molecule has 80 valence electrons. The van der Waals surface area contributed by atoms with Crippen molar-refractivity contribution in [2.45, 2.75) is 57.7 Å². The van der Waals surface area contributed by atoms with Crippen LogP contribution >= 0.6 is 0 Å². The molecule has 0 radical (unpaired) electrons. The van der Waals surface area contributed by atoms with E-state index in [0.29, 0.717) is 6.04 Å². The third-order valence-electron chi connectivity index (χ3n) is 2.74. The molecule has 2 heteroatoms. The Morgan fingerprint density at radius 3 is 2.86 bits per heavy atom. The summed E-state index contributed by atoms with van der Waals surface area (Å²) in [6, 6.07) is 0.730. The van der Waals surface area contributed by atoms with Crippen LogP contribution in [0.25, 0.3) is 0 Å². The minimum atomic E-state index is 0.00278. The highest BCUT2D eigenvalue weighted by Crippen LogP contribution is 2.24. The normalized spacial score (nSPS) is 28.0. The van der Waals surface area contributed by atoms with Gasteiger partial charge in [-0.25, -0.2) is 0 Å². The molecule has 1 saturated heterocycles. The number of rotatable bonds is 3. The van der Waals surface area contributed by atoms with E-state index < -0.39 is 0 Å². The fourth-order valence-electron chi connectivity index (χ4n) is 1.94. The molecule has 0 aromatic heterocycles. The molecule has 1 aliphatic heterocycles. The van der Waals surface area contributed by atoms with Crippen molar-refractivity contribution >= 4 is 0 Å². The van der Waals surface area contributed by atoms with Crippen LogP contribution < -0.4 is 5.32 Å². The molecule has 2 atom stereocenters. The highest BCUT2D eigenvalue weighted by molar-refractivity contribution is 5.00. The van der Waals surface area contributed by atoms with Gasteiger partial charge in [0.05, 0.1) is 11.6 Å². The van der Waals surface area contributed by atoms with Crippen molar-refractivity contribution in [1.82, 2.24) is 5.32 Å². The third kappa shape index (κ3) is 3.32. The van der Waals surface area contributed by atoms with E-state index in [1.807, 2.05) is 0 Å². The molecule has 0 aromatic rings. The number of nitrogens with one attached hydrogen (secondary N) is 1. The van der Waals surface area contributed by atoms with Gasteiger partial charge in [0, 0.05) is 12.6 Å². The van der Waals surface area contributed by atoms with E-state index in [2.05, 4.69) is 32.0 Å². The Kier molecular flexibility index (Phi) is 3.97. The van der Waals surface area contributed by atoms with E-state index in [4.69, 9.17) is 11.2 Å². The molecular weight excluding hydrogens is 174 g/mol. The second-order valence-corrected chi connectivity index (χ2v) is 4.59. The van der Waals surface area contributed by atoms with E-state index in [0.717, 1.165) is 25.9 Å². The highest BCUT2D eigenvalue weighted by atomic mass is 16.5. The zero-order valence-corrected chi connectivity index (χ0v) is 9.47. The van der Waals surface area contributed by atoms with Crippen LogP contribution in [0.1, 0.15) is 40.0 Å². The predicted molar refractivity (Wildman–Crippen MR) is 59.1 cm³/mol. The topological polar surface area (TPSA) is 21.3 Å². The lowest BCUT2D eigenvalue weighted by Gasteiger charge is -2.36. The van der Waals surface area contributed by atoms with Crippen molar-refractivity contribution in [2.75, 3.05) is 6.61 Å². The van der Waals surface area contributed by atoms with Crippen molar-refractivity contribution in [2.24, 2.45) is 0 Å². The first-order chi connectivity index (χ1) is 6.57. The first-order valence-corrected chi connectivity index (χ1v) is 5.43. The maximum atomic E-state index is 5.65. The summed E-state index contributed by atoms with van der Waals surface area (Å²) in [5, 5.41) is 3.49. The Morgan fingerprint density at radius 2 is 2.36 bits per heavy atom. The number of ether oxygens (including phenoxy) is 1. The Bertz CT molecular complexity index is 217. The number of hydrogen-bond donors (Lipinski definition) is 1. The van der Waals surface area contributed by atoms with E-state index in [9.17, 15) is 0 Å². The molecule has 0 aliphatic carbocycles. The van der Waals surface area contributed by atoms with Crippen LogP contribution in [0, 0.1) is 12.3 Å². The fourth-order valence-corrected chi connectivity index (χ4v) is 1.94. The van der Waals surface area contributed by atoms with Crippen LogP contribution in [0.15, 0.2) is 0 Å². The fraction of sp³-hybridized carbons (Fsp3) is 0.833. The van der Waals surface area contributed by atoms with Gasteiger partial charge in [-0.15, -0.1) is 6.42 Å². The Morgan fingerprint density at radius 1 is 1.64 bits per heavy atom. The summed E-state index contributed by atoms with van der Waals surface area (Å²) in [6.45, 7) is 7.23. The molecule has 0 spiro atoms. The van der Waals surface area contributed by atoms with Gasteiger partial charge in [0.15, 0.2) is 0 Å². The molecular formula is C12H21NO. The molecule has 0 amide bonds. The second kappa shape index (κ2) is 4.82. The van der Waals surface area contributed by atoms with Crippen molar-refractivity contribution in [1.29, 1.82) is 0 Å². The molecule has 14 heavy (non-hydrogen) atoms. The number of hydrogen-bond acceptors (Lipinski definition) is 2. The molecule has 2 unspecified atom stereocenters. The highest BCUT2D eigenvalue weighted by Gasteiger charge is 2.29. The van der Waals surface area contributed by atoms with Crippen LogP contribution in [0.4, 0.5) is 0 Å². The summed E-state index contributed by atoms with van der Waals surface area (Å²) in [4.78, 5) is 0. The molecule has 0 saturated carbocycles. The van der Waals surface area contributed by atoms with Gasteiger partial charge in [-0.05, 0) is 33.1 Å². The van der Waals surface area contributed by atoms with Gasteiger partial charge in [0.25, 0.3) is 0 Å². The maximum absolute atomic E-state index is 5.65. The van der Waals surface area contributed by atoms with Gasteiger partial charge < -0.3 is 10.1 Å². The zero-order valence-electron chi connectivity index (χ0n) is 9.47. The van der Waals surface area contributed by atoms with Gasteiger partial charge in [0.1, 0.15) is 0 Å². The standard InChI is InChI=1S/C12H21NO/c1-5-10(6-2)13-11-7-8-14-12(3,4)9-11/h1,10-11,13H,6-9H2,2-4H3. The first-order valence-electron chi connectivity index (χ1n) is 5.43. The summed E-state index contributed by atoms with van der Waals surface area (Å²) in [5.41, 5.74) is 0.00278. The van der Waals surface area contributed by atoms with E-state index in [-0.39, 0.29) is 11.6 Å². The second-order valence-electron chi connectivity index (χ2n) is 4.59. The van der Waals surface area contributed by atoms with E-state index in [1.54, 1.807) is 0 Å². The SMILES string of the molecule is C#CC(CC)NC1CCOC(C)(C)C1. The summed E-state index contributed by atoms with van der Waals surface area (Å²) in [7, 11) is 0. The molecule has 2 nitrogen and oxygen atoms in total. The average molecular weight is 195 g/mol. The smallest absolute Gasteiger partial charge is 0.0686 e. The third-order valence-corrected chi connectivity index (χ3v) is 2.74. The van der Waals surface area contributed by atoms with Gasteiger partial charge in [-0.2, -0.15) is 0 Å². The van der Waals surface area contributed by atoms with E-state index >= 15 is 0 Å². The lowest BCUT2D eigenvalue weighted by Crippen LogP contribution is -2.46. The zero-order chi connectivity index (χ0) is 10.6. The quantitative estimate of drug-likeness (QED) is 0.695. The minimum absolute atomic E-state index is 0.00278. The summed E-state index contributed by atoms with van der Waals surface area (Å²) < 4.78 is 5.65. The van der Waals surface area contributed by atoms with Crippen LogP contribution in [0.3, 0.4) is 0 Å². The van der Waals surface area contributed by atoms with Gasteiger partial charge in [-0.3, -0.25) is 0 Å². The molecule has 0 bridgehead atoms. The number of terminal acetylenes is 1. The molecule has 1 N–H and O–H groups in total. The minimum Gasteiger partial charge on any atom is -0.375 e. The molecule has 1 heterocycles. The summed E-state index contributed by atoms with van der Waals surface area (Å²) in [6.07, 6.45) is 8.54. The molecule has 1 rings (SSSR count). The first kappa shape index (κ1) is 11.6. The van der Waals surface area contributed by atoms with E-state index in [1.165, 1.54) is 0 Å². The molecule has 1 fully saturated rings. The average Bonchev–Trinajstić information content (AvgIpc) is 2.12. The van der Waals surface area contributed by atoms with Crippen LogP contribution in [0.2, 0.25) is 0 Å². The summed E-state index contributed by atoms with van der Waals surface area (Å²) >= 11 is 0. The monoisotopic (exact) mass is 195 g/mol. The van der Waals surface area contributed by atoms with Crippen molar-refractivity contribution < 1.29 is 4.74 Å². The van der Waals surface area contributed by atoms with Crippen molar-refractivity contribution in [3.63, 3.8) is 0 Å². The van der Waals surface area contributed by atoms with Crippen LogP contribution in [-0.4, -0.2) is 24.3 Å². The van der Waals surface area contributed by atoms with Crippen molar-refractivity contribution in [3.05, 3.63) is 0 Å². The van der Waals surface area contributed by atoms with Gasteiger partial charge in [0.2, 0.25) is 0 Å². The Balaban J connectivity index is 2.42. The molecule has 1 aliphatic rings. The lowest BCUT2D eigenvalue weighted by molar-refractivity contribution is -0.0635. The predicted octanol–water partition coefficient (Wildman–Crippen LogP) is 1.95.